The quantitative estimate of drug-likeness (QED) is 0.427. The van der Waals surface area contributed by atoms with Crippen molar-refractivity contribution in [3.8, 4) is 0 Å². The van der Waals surface area contributed by atoms with Crippen LogP contribution in [0.15, 0.2) is 24.3 Å². The van der Waals surface area contributed by atoms with Crippen molar-refractivity contribution in [2.24, 2.45) is 0 Å². The summed E-state index contributed by atoms with van der Waals surface area (Å²) in [5, 5.41) is 4.73. The zero-order chi connectivity index (χ0) is 10.8. The van der Waals surface area contributed by atoms with Crippen LogP contribution in [0.1, 0.15) is 5.69 Å². The molecule has 4 nitrogen and oxygen atoms in total. The molecule has 1 aromatic heterocycles. The number of hydrogen-bond acceptors (Lipinski definition) is 1. The van der Waals surface area contributed by atoms with Crippen molar-refractivity contribution in [1.29, 1.82) is 0 Å². The van der Waals surface area contributed by atoms with Crippen LogP contribution in [0.3, 0.4) is 0 Å². The summed E-state index contributed by atoms with van der Waals surface area (Å²) in [6.07, 6.45) is 0. The molecule has 2 aromatic rings. The number of fused-ring (bicyclic) bond motifs is 1. The van der Waals surface area contributed by atoms with Gasteiger partial charge in [-0.1, -0.05) is 6.07 Å². The molecule has 15 heavy (non-hydrogen) atoms. The Morgan fingerprint density at radius 2 is 2.27 bits per heavy atom. The number of H-pyrrole nitrogens is 1. The van der Waals surface area contributed by atoms with Crippen LogP contribution in [0.2, 0.25) is 0 Å². The van der Waals surface area contributed by atoms with E-state index in [0.29, 0.717) is 5.11 Å². The van der Waals surface area contributed by atoms with Crippen LogP contribution in [0.5, 0.6) is 0 Å². The molecule has 0 unspecified atom stereocenters. The Bertz CT molecular complexity index is 503. The second kappa shape index (κ2) is 3.88. The summed E-state index contributed by atoms with van der Waals surface area (Å²) in [5.41, 5.74) is 5.86. The molecule has 1 heterocycles. The predicted molar refractivity (Wildman–Crippen MR) is 65.3 cm³/mol. The van der Waals surface area contributed by atoms with Gasteiger partial charge in [-0.2, -0.15) is 0 Å². The topological polar surface area (TPSA) is 67.5 Å². The summed E-state index contributed by atoms with van der Waals surface area (Å²) in [4.78, 5) is 3.27. The van der Waals surface area contributed by atoms with Crippen molar-refractivity contribution in [2.75, 3.05) is 5.32 Å². The molecule has 0 bridgehead atoms. The van der Waals surface area contributed by atoms with Gasteiger partial charge in [-0.05, 0) is 37.3 Å². The maximum absolute atomic E-state index is 5.01. The molecule has 0 radical (unpaired) electrons. The number of aromatic nitrogens is 1. The summed E-state index contributed by atoms with van der Waals surface area (Å²) in [7, 11) is 0. The minimum absolute atomic E-state index is 0.515. The van der Waals surface area contributed by atoms with Crippen LogP contribution in [0.25, 0.3) is 10.9 Å². The fraction of sp³-hybridized carbons (Fsp3) is 0.100. The highest BCUT2D eigenvalue weighted by molar-refractivity contribution is 7.80. The predicted octanol–water partition coefficient (Wildman–Crippen LogP) is 0.920. The number of thiocarbonyl (C=S) groups is 1. The number of anilines is 1. The van der Waals surface area contributed by atoms with Crippen molar-refractivity contribution >= 4 is 33.9 Å². The largest absolute Gasteiger partial charge is 0.359 e. The van der Waals surface area contributed by atoms with E-state index < -0.39 is 0 Å². The first-order valence-corrected chi connectivity index (χ1v) is 5.04. The molecule has 1 aromatic carbocycles. The molecule has 2 rings (SSSR count). The Kier molecular flexibility index (Phi) is 2.57. The van der Waals surface area contributed by atoms with Crippen LogP contribution in [0, 0.1) is 6.92 Å². The lowest BCUT2D eigenvalue weighted by atomic mass is 10.2. The third kappa shape index (κ3) is 1.93. The first-order chi connectivity index (χ1) is 7.20. The van der Waals surface area contributed by atoms with Gasteiger partial charge in [0.2, 0.25) is 5.11 Å². The molecular weight excluding hydrogens is 208 g/mol. The summed E-state index contributed by atoms with van der Waals surface area (Å²) < 4.78 is 0. The Morgan fingerprint density at radius 3 is 3.00 bits per heavy atom. The van der Waals surface area contributed by atoms with Gasteiger partial charge < -0.3 is 10.3 Å². The Labute approximate surface area is 92.8 Å². The van der Waals surface area contributed by atoms with Crippen molar-refractivity contribution in [3.63, 3.8) is 0 Å². The monoisotopic (exact) mass is 221 g/mol. The molecule has 0 fully saturated rings. The van der Waals surface area contributed by atoms with Gasteiger partial charge in [-0.25, -0.2) is 5.43 Å². The summed E-state index contributed by atoms with van der Waals surface area (Å²) in [5.74, 6) is 3.51. The van der Waals surface area contributed by atoms with Crippen LogP contribution in [-0.4, -0.2) is 10.1 Å². The first kappa shape index (κ1) is 9.95. The van der Waals surface area contributed by atoms with E-state index in [1.807, 2.05) is 25.1 Å². The van der Waals surface area contributed by atoms with Crippen molar-refractivity contribution < 1.29 is 5.84 Å². The molecule has 0 saturated carbocycles. The number of nitrogens with one attached hydrogen (secondary N) is 3. The van der Waals surface area contributed by atoms with E-state index in [0.717, 1.165) is 22.3 Å². The lowest BCUT2D eigenvalue weighted by Crippen LogP contribution is -2.68. The van der Waals surface area contributed by atoms with E-state index in [2.05, 4.69) is 27.6 Å². The molecule has 0 atom stereocenters. The molecule has 0 aliphatic rings. The van der Waals surface area contributed by atoms with E-state index in [-0.39, 0.29) is 0 Å². The Morgan fingerprint density at radius 1 is 1.47 bits per heavy atom. The van der Waals surface area contributed by atoms with Crippen molar-refractivity contribution in [2.45, 2.75) is 6.92 Å². The van der Waals surface area contributed by atoms with Gasteiger partial charge in [0.25, 0.3) is 0 Å². The van der Waals surface area contributed by atoms with E-state index in [4.69, 9.17) is 12.2 Å². The molecule has 0 aliphatic heterocycles. The number of benzene rings is 1. The highest BCUT2D eigenvalue weighted by Gasteiger charge is 2.04. The van der Waals surface area contributed by atoms with Gasteiger partial charge in [0.05, 0.1) is 0 Å². The summed E-state index contributed by atoms with van der Waals surface area (Å²) >= 11 is 5.01. The molecule has 0 spiro atoms. The molecular formula is C10H13N4S+. The molecule has 0 amide bonds. The van der Waals surface area contributed by atoms with E-state index in [1.54, 1.807) is 0 Å². The molecule has 0 saturated heterocycles. The first-order valence-electron chi connectivity index (χ1n) is 4.63. The highest BCUT2D eigenvalue weighted by atomic mass is 32.1. The molecule has 0 aliphatic carbocycles. The minimum atomic E-state index is 0.515. The van der Waals surface area contributed by atoms with Gasteiger partial charge in [-0.3, -0.25) is 5.84 Å². The number of quaternary nitrogens is 1. The van der Waals surface area contributed by atoms with Crippen LogP contribution in [-0.2, 0) is 0 Å². The fourth-order valence-electron chi connectivity index (χ4n) is 1.57. The van der Waals surface area contributed by atoms with Crippen molar-refractivity contribution in [3.05, 3.63) is 30.0 Å². The number of aryl methyl sites for hydroxylation is 1. The lowest BCUT2D eigenvalue weighted by molar-refractivity contribution is -0.418. The van der Waals surface area contributed by atoms with Crippen LogP contribution >= 0.6 is 12.2 Å². The standard InChI is InChI=1S/C10H12N4S/c1-6-5-7-8(12-6)3-2-4-9(7)13-10(15)14-11/h2-5,12H,11H2,1H3,(H2,13,14,15)/p+1. The fourth-order valence-corrected chi connectivity index (χ4v) is 1.68. The van der Waals surface area contributed by atoms with Gasteiger partial charge in [0, 0.05) is 22.3 Å². The second-order valence-electron chi connectivity index (χ2n) is 3.35. The third-order valence-electron chi connectivity index (χ3n) is 2.21. The van der Waals surface area contributed by atoms with Crippen molar-refractivity contribution in [1.82, 2.24) is 10.4 Å². The van der Waals surface area contributed by atoms with E-state index >= 15 is 0 Å². The van der Waals surface area contributed by atoms with E-state index in [1.165, 1.54) is 0 Å². The van der Waals surface area contributed by atoms with Gasteiger partial charge in [-0.15, -0.1) is 0 Å². The zero-order valence-corrected chi connectivity index (χ0v) is 9.24. The van der Waals surface area contributed by atoms with Gasteiger partial charge >= 0.3 is 0 Å². The number of hydrogen-bond donors (Lipinski definition) is 4. The highest BCUT2D eigenvalue weighted by Crippen LogP contribution is 2.23. The Hall–Kier alpha value is -1.59. The normalized spacial score (nSPS) is 10.3. The molecule has 5 heteroatoms. The number of rotatable bonds is 1. The van der Waals surface area contributed by atoms with E-state index in [9.17, 15) is 0 Å². The average Bonchev–Trinajstić information content (AvgIpc) is 2.59. The molecule has 6 N–H and O–H groups in total. The van der Waals surface area contributed by atoms with Gasteiger partial charge in [0.15, 0.2) is 0 Å². The minimum Gasteiger partial charge on any atom is -0.359 e. The smallest absolute Gasteiger partial charge is 0.217 e. The summed E-state index contributed by atoms with van der Waals surface area (Å²) in [6.45, 7) is 2.03. The summed E-state index contributed by atoms with van der Waals surface area (Å²) in [6, 6.07) is 8.09. The molecule has 78 valence electrons. The average molecular weight is 221 g/mol. The zero-order valence-electron chi connectivity index (χ0n) is 8.42. The SMILES string of the molecule is Cc1cc2c(NC(=S)N[NH3+])cccc2[nH]1. The lowest BCUT2D eigenvalue weighted by Gasteiger charge is -2.05. The van der Waals surface area contributed by atoms with Crippen LogP contribution < -0.4 is 16.6 Å². The Balaban J connectivity index is 2.46. The number of aromatic amines is 1. The van der Waals surface area contributed by atoms with Gasteiger partial charge in [0.1, 0.15) is 0 Å². The van der Waals surface area contributed by atoms with Crippen LogP contribution in [0.4, 0.5) is 5.69 Å². The third-order valence-corrected chi connectivity index (χ3v) is 2.45. The maximum atomic E-state index is 5.01. The second-order valence-corrected chi connectivity index (χ2v) is 3.76. The maximum Gasteiger partial charge on any atom is 0.217 e.